The molecule has 51 valence electrons. The van der Waals surface area contributed by atoms with Crippen molar-refractivity contribution < 1.29 is 53.1 Å². The monoisotopic (exact) mass is 193 g/mol. The molecule has 0 rings (SSSR count). The summed E-state index contributed by atoms with van der Waals surface area (Å²) in [4.78, 5) is 0. The number of unbranched alkanes of at least 4 members (excludes halogenated alkanes) is 1. The second-order valence-electron chi connectivity index (χ2n) is 1.06. The van der Waals surface area contributed by atoms with Crippen molar-refractivity contribution in [3.8, 4) is 0 Å². The van der Waals surface area contributed by atoms with Gasteiger partial charge in [-0.3, -0.25) is 0 Å². The van der Waals surface area contributed by atoms with Crippen molar-refractivity contribution in [1.82, 2.24) is 0 Å². The molecule has 1 nitrogen and oxygen atoms in total. The normalized spacial score (nSPS) is 5.25. The van der Waals surface area contributed by atoms with E-state index < -0.39 is 0 Å². The van der Waals surface area contributed by atoms with E-state index in [1.54, 1.807) is 0 Å². The summed E-state index contributed by atoms with van der Waals surface area (Å²) in [5.74, 6) is 0. The van der Waals surface area contributed by atoms with Gasteiger partial charge in [0.15, 0.2) is 0 Å². The van der Waals surface area contributed by atoms with Gasteiger partial charge in [0.2, 0.25) is 0 Å². The van der Waals surface area contributed by atoms with E-state index in [2.05, 4.69) is 0 Å². The molecule has 1 radical (unpaired) electrons. The zero-order valence-corrected chi connectivity index (χ0v) is 7.86. The first kappa shape index (κ1) is 22.8. The van der Waals surface area contributed by atoms with Crippen LogP contribution in [-0.4, -0.2) is 6.61 Å². The van der Waals surface area contributed by atoms with E-state index in [1.807, 2.05) is 6.92 Å². The Hall–Kier alpha value is 1.25. The Morgan fingerprint density at radius 1 is 1.38 bits per heavy atom. The molecule has 0 saturated heterocycles. The summed E-state index contributed by atoms with van der Waals surface area (Å²) in [7, 11) is 0. The van der Waals surface area contributed by atoms with Gasteiger partial charge in [-0.1, -0.05) is 19.8 Å². The van der Waals surface area contributed by atoms with Crippen LogP contribution < -0.4 is 29.9 Å². The Labute approximate surface area is 79.4 Å². The average Bonchev–Trinajstić information content (AvgIpc) is 1.41. The van der Waals surface area contributed by atoms with E-state index in [0.29, 0.717) is 0 Å². The summed E-state index contributed by atoms with van der Waals surface area (Å²) in [6.45, 7) is 2.11. The van der Waals surface area contributed by atoms with Crippen molar-refractivity contribution >= 4 is 0 Å². The van der Waals surface area contributed by atoms with Crippen molar-refractivity contribution in [1.29, 1.82) is 0 Å². The van der Waals surface area contributed by atoms with Gasteiger partial charge in [-0.15, -0.1) is 6.61 Å². The molecule has 4 heteroatoms. The van der Waals surface area contributed by atoms with Crippen LogP contribution in [0.5, 0.6) is 0 Å². The van der Waals surface area contributed by atoms with Gasteiger partial charge in [-0.2, -0.15) is 0 Å². The molecular formula is C4H11Cl2OTi. The molecule has 0 aliphatic heterocycles. The predicted octanol–water partition coefficient (Wildman–Crippen LogP) is -5.60. The molecule has 0 fully saturated rings. The standard InChI is InChI=1S/C4H9O.2ClH.Ti.H2/c1-2-3-4-5;;;;/h2-4H2,1H3;2*1H;;1H/q-1;;;+3;/p-2. The maximum absolute atomic E-state index is 9.53. The third-order valence-electron chi connectivity index (χ3n) is 0.498. The Bertz CT molecular complexity index is 26.0. The minimum Gasteiger partial charge on any atom is -1.00 e. The molecule has 8 heavy (non-hydrogen) atoms. The largest absolute Gasteiger partial charge is 3.00 e. The van der Waals surface area contributed by atoms with E-state index in [-0.39, 0.29) is 54.6 Å². The molecule has 0 N–H and O–H groups in total. The molecule has 0 aliphatic rings. The van der Waals surface area contributed by atoms with Crippen LogP contribution in [0.3, 0.4) is 0 Å². The van der Waals surface area contributed by atoms with Gasteiger partial charge in [0.05, 0.1) is 0 Å². The van der Waals surface area contributed by atoms with Crippen LogP contribution in [0.1, 0.15) is 21.2 Å². The van der Waals surface area contributed by atoms with E-state index >= 15 is 0 Å². The molecule has 0 aliphatic carbocycles. The molecule has 0 spiro atoms. The number of hydrogen-bond donors (Lipinski definition) is 0. The summed E-state index contributed by atoms with van der Waals surface area (Å²) in [6.07, 6.45) is 1.86. The molecular weight excluding hydrogens is 183 g/mol. The van der Waals surface area contributed by atoms with Crippen LogP contribution in [-0.2, 0) is 21.7 Å². The van der Waals surface area contributed by atoms with Gasteiger partial charge in [-0.05, 0) is 0 Å². The molecule has 0 amide bonds. The molecule has 0 aromatic heterocycles. The second kappa shape index (κ2) is 24.0. The number of rotatable bonds is 2. The zero-order valence-electron chi connectivity index (χ0n) is 4.79. The SMILES string of the molecule is CCCC[O-].[Cl-].[Cl-].[HH].[Ti+3]. The Morgan fingerprint density at radius 2 is 1.75 bits per heavy atom. The summed E-state index contributed by atoms with van der Waals surface area (Å²) >= 11 is 0. The van der Waals surface area contributed by atoms with Crippen LogP contribution >= 0.6 is 0 Å². The number of halogens is 2. The first-order chi connectivity index (χ1) is 2.41. The van der Waals surface area contributed by atoms with Gasteiger partial charge >= 0.3 is 21.7 Å². The number of hydrogen-bond acceptors (Lipinski definition) is 1. The molecule has 0 unspecified atom stereocenters. The first-order valence-electron chi connectivity index (χ1n) is 2.00. The summed E-state index contributed by atoms with van der Waals surface area (Å²) in [5, 5.41) is 9.53. The van der Waals surface area contributed by atoms with Crippen LogP contribution in [0.25, 0.3) is 0 Å². The molecule has 0 heterocycles. The van der Waals surface area contributed by atoms with Crippen molar-refractivity contribution in [2.24, 2.45) is 0 Å². The minimum atomic E-state index is 0. The summed E-state index contributed by atoms with van der Waals surface area (Å²) < 4.78 is 0. The summed E-state index contributed by atoms with van der Waals surface area (Å²) in [6, 6.07) is 0. The van der Waals surface area contributed by atoms with E-state index in [0.717, 1.165) is 12.8 Å². The fourth-order valence-electron chi connectivity index (χ4n) is 0.144. The molecule has 0 saturated carbocycles. The molecule has 0 bridgehead atoms. The second-order valence-corrected chi connectivity index (χ2v) is 1.06. The van der Waals surface area contributed by atoms with Crippen LogP contribution in [0, 0.1) is 0 Å². The molecule has 0 aromatic carbocycles. The van der Waals surface area contributed by atoms with Gasteiger partial charge in [0.1, 0.15) is 0 Å². The van der Waals surface area contributed by atoms with Gasteiger partial charge in [-0.25, -0.2) is 0 Å². The van der Waals surface area contributed by atoms with E-state index in [9.17, 15) is 5.11 Å². The van der Waals surface area contributed by atoms with Crippen molar-refractivity contribution in [2.75, 3.05) is 6.61 Å². The third-order valence-corrected chi connectivity index (χ3v) is 0.498. The van der Waals surface area contributed by atoms with Gasteiger partial charge < -0.3 is 29.9 Å². The van der Waals surface area contributed by atoms with Crippen molar-refractivity contribution in [2.45, 2.75) is 19.8 Å². The van der Waals surface area contributed by atoms with Crippen LogP contribution in [0.4, 0.5) is 0 Å². The fraction of sp³-hybridized carbons (Fsp3) is 1.00. The molecule has 0 atom stereocenters. The van der Waals surface area contributed by atoms with Gasteiger partial charge in [0.25, 0.3) is 0 Å². The molecule has 0 aromatic rings. The quantitative estimate of drug-likeness (QED) is 0.402. The average molecular weight is 194 g/mol. The fourth-order valence-corrected chi connectivity index (χ4v) is 0.144. The minimum absolute atomic E-state index is 0. The van der Waals surface area contributed by atoms with Crippen molar-refractivity contribution in [3.63, 3.8) is 0 Å². The Kier molecular flexibility index (Phi) is 68.5. The maximum atomic E-state index is 9.53. The maximum Gasteiger partial charge on any atom is 3.00 e. The topological polar surface area (TPSA) is 23.1 Å². The Morgan fingerprint density at radius 3 is 1.75 bits per heavy atom. The van der Waals surface area contributed by atoms with Gasteiger partial charge in [0, 0.05) is 1.43 Å². The van der Waals surface area contributed by atoms with E-state index in [4.69, 9.17) is 0 Å². The zero-order chi connectivity index (χ0) is 4.12. The first-order valence-corrected chi connectivity index (χ1v) is 2.00. The smallest absolute Gasteiger partial charge is 1.00 e. The van der Waals surface area contributed by atoms with E-state index in [1.165, 1.54) is 0 Å². The third kappa shape index (κ3) is 26.8. The van der Waals surface area contributed by atoms with Crippen LogP contribution in [0.15, 0.2) is 0 Å². The predicted molar refractivity (Wildman–Crippen MR) is 21.9 cm³/mol. The summed E-state index contributed by atoms with van der Waals surface area (Å²) in [5.41, 5.74) is 0. The van der Waals surface area contributed by atoms with Crippen molar-refractivity contribution in [3.05, 3.63) is 0 Å². The Balaban J connectivity index is -0.0000000133. The van der Waals surface area contributed by atoms with Crippen LogP contribution in [0.2, 0.25) is 0 Å².